The summed E-state index contributed by atoms with van der Waals surface area (Å²) in [5, 5.41) is 34.0. The molecule has 2 saturated heterocycles. The number of nitrogens with one attached hydrogen (secondary N) is 2. The maximum Gasteiger partial charge on any atom is 0.330 e. The molecule has 0 saturated carbocycles. The molecular formula is C15H24N4O6. The van der Waals surface area contributed by atoms with E-state index in [4.69, 9.17) is 4.74 Å². The van der Waals surface area contributed by atoms with Crippen LogP contribution in [0.2, 0.25) is 0 Å². The van der Waals surface area contributed by atoms with Crippen LogP contribution in [0.4, 0.5) is 0 Å². The summed E-state index contributed by atoms with van der Waals surface area (Å²) in [6, 6.07) is 0. The van der Waals surface area contributed by atoms with Crippen LogP contribution in [-0.4, -0.2) is 86.9 Å². The van der Waals surface area contributed by atoms with Crippen molar-refractivity contribution in [1.29, 1.82) is 0 Å². The Labute approximate surface area is 143 Å². The molecule has 10 heteroatoms. The summed E-state index contributed by atoms with van der Waals surface area (Å²) in [7, 11) is 0. The van der Waals surface area contributed by atoms with Crippen LogP contribution in [0, 0.1) is 6.92 Å². The Hall–Kier alpha value is -1.56. The Morgan fingerprint density at radius 1 is 1.32 bits per heavy atom. The molecule has 3 heterocycles. The lowest BCUT2D eigenvalue weighted by Gasteiger charge is -2.37. The molecule has 0 bridgehead atoms. The average molecular weight is 356 g/mol. The van der Waals surface area contributed by atoms with Gasteiger partial charge in [0.05, 0.1) is 6.61 Å². The van der Waals surface area contributed by atoms with E-state index in [9.17, 15) is 24.9 Å². The molecule has 0 amide bonds. The second kappa shape index (κ2) is 6.98. The van der Waals surface area contributed by atoms with Crippen molar-refractivity contribution in [2.75, 3.05) is 39.3 Å². The van der Waals surface area contributed by atoms with Gasteiger partial charge in [-0.2, -0.15) is 0 Å². The number of piperazine rings is 1. The highest BCUT2D eigenvalue weighted by atomic mass is 16.6. The molecule has 0 aliphatic carbocycles. The van der Waals surface area contributed by atoms with E-state index in [-0.39, 0.29) is 12.1 Å². The van der Waals surface area contributed by atoms with Crippen molar-refractivity contribution in [3.8, 4) is 0 Å². The third kappa shape index (κ3) is 3.28. The van der Waals surface area contributed by atoms with E-state index in [1.807, 2.05) is 4.90 Å². The molecule has 10 nitrogen and oxygen atoms in total. The Morgan fingerprint density at radius 3 is 2.64 bits per heavy atom. The number of hydrogen-bond acceptors (Lipinski definition) is 8. The molecule has 0 spiro atoms. The van der Waals surface area contributed by atoms with E-state index >= 15 is 0 Å². The standard InChI is InChI=1S/C15H24N4O6/c1-9-6-19(14(24)17-12(9)23)13-10(21)11(22)15(8-20,25-13)7-18-4-2-16-3-5-18/h6,10-11,13,16,20-22H,2-5,7-8H2,1H3,(H,17,23,24)/t10-,11-,13-,15-/m1/s1. The lowest BCUT2D eigenvalue weighted by molar-refractivity contribution is -0.141. The van der Waals surface area contributed by atoms with Gasteiger partial charge in [0.1, 0.15) is 17.8 Å². The first-order chi connectivity index (χ1) is 11.9. The van der Waals surface area contributed by atoms with Gasteiger partial charge in [-0.05, 0) is 6.92 Å². The molecule has 25 heavy (non-hydrogen) atoms. The quantitative estimate of drug-likeness (QED) is 0.379. The Balaban J connectivity index is 1.90. The van der Waals surface area contributed by atoms with Gasteiger partial charge < -0.3 is 25.4 Å². The smallest absolute Gasteiger partial charge is 0.330 e. The number of aryl methyl sites for hydroxylation is 1. The van der Waals surface area contributed by atoms with Crippen molar-refractivity contribution >= 4 is 0 Å². The van der Waals surface area contributed by atoms with E-state index in [0.717, 1.165) is 30.7 Å². The summed E-state index contributed by atoms with van der Waals surface area (Å²) in [6.45, 7) is 4.23. The van der Waals surface area contributed by atoms with Crippen molar-refractivity contribution < 1.29 is 20.1 Å². The van der Waals surface area contributed by atoms with Crippen LogP contribution in [0.1, 0.15) is 11.8 Å². The zero-order chi connectivity index (χ0) is 18.2. The zero-order valence-corrected chi connectivity index (χ0v) is 14.0. The highest BCUT2D eigenvalue weighted by molar-refractivity contribution is 5.07. The number of ether oxygens (including phenoxy) is 1. The molecule has 4 atom stereocenters. The normalized spacial score (nSPS) is 33.7. The fourth-order valence-electron chi connectivity index (χ4n) is 3.40. The Kier molecular flexibility index (Phi) is 5.09. The van der Waals surface area contributed by atoms with Gasteiger partial charge in [0.2, 0.25) is 0 Å². The fraction of sp³-hybridized carbons (Fsp3) is 0.733. The van der Waals surface area contributed by atoms with Crippen LogP contribution in [0.25, 0.3) is 0 Å². The van der Waals surface area contributed by atoms with Gasteiger partial charge in [0, 0.05) is 44.5 Å². The van der Waals surface area contributed by atoms with Crippen LogP contribution in [0.15, 0.2) is 15.8 Å². The average Bonchev–Trinajstić information content (AvgIpc) is 2.85. The van der Waals surface area contributed by atoms with Crippen molar-refractivity contribution in [3.05, 3.63) is 32.6 Å². The highest BCUT2D eigenvalue weighted by Gasteiger charge is 2.55. The minimum absolute atomic E-state index is 0.219. The fourth-order valence-corrected chi connectivity index (χ4v) is 3.40. The summed E-state index contributed by atoms with van der Waals surface area (Å²) in [5.41, 5.74) is -2.41. The predicted octanol–water partition coefficient (Wildman–Crippen LogP) is -3.27. The summed E-state index contributed by atoms with van der Waals surface area (Å²) in [6.07, 6.45) is -2.72. The number of nitrogens with zero attached hydrogens (tertiary/aromatic N) is 2. The van der Waals surface area contributed by atoms with Crippen molar-refractivity contribution in [2.45, 2.75) is 31.0 Å². The van der Waals surface area contributed by atoms with Gasteiger partial charge >= 0.3 is 5.69 Å². The molecule has 5 N–H and O–H groups in total. The summed E-state index contributed by atoms with van der Waals surface area (Å²) in [5.74, 6) is 0. The molecule has 2 aliphatic rings. The number of aliphatic hydroxyl groups excluding tert-OH is 3. The second-order valence-electron chi connectivity index (χ2n) is 6.67. The number of aromatic amines is 1. The van der Waals surface area contributed by atoms with Gasteiger partial charge in [-0.25, -0.2) is 4.79 Å². The maximum atomic E-state index is 12.1. The van der Waals surface area contributed by atoms with Gasteiger partial charge in [-0.3, -0.25) is 19.2 Å². The zero-order valence-electron chi connectivity index (χ0n) is 14.0. The minimum atomic E-state index is -1.42. The highest BCUT2D eigenvalue weighted by Crippen LogP contribution is 2.37. The topological polar surface area (TPSA) is 140 Å². The number of aliphatic hydroxyl groups is 3. The first-order valence-corrected chi connectivity index (χ1v) is 8.28. The number of H-pyrrole nitrogens is 1. The number of rotatable bonds is 4. The van der Waals surface area contributed by atoms with E-state index in [1.165, 1.54) is 13.1 Å². The van der Waals surface area contributed by atoms with E-state index in [1.54, 1.807) is 0 Å². The molecule has 140 valence electrons. The SMILES string of the molecule is Cc1cn([C@@H]2O[C@@](CO)(CN3CCNCC3)[C@H](O)[C@H]2O)c(=O)[nH]c1=O. The molecule has 3 rings (SSSR count). The summed E-state index contributed by atoms with van der Waals surface area (Å²) < 4.78 is 6.86. The largest absolute Gasteiger partial charge is 0.393 e. The molecule has 1 aromatic heterocycles. The van der Waals surface area contributed by atoms with Gasteiger partial charge in [0.25, 0.3) is 5.56 Å². The van der Waals surface area contributed by atoms with Crippen LogP contribution in [0.5, 0.6) is 0 Å². The maximum absolute atomic E-state index is 12.1. The number of aromatic nitrogens is 2. The molecule has 1 aromatic rings. The molecule has 0 radical (unpaired) electrons. The van der Waals surface area contributed by atoms with Crippen LogP contribution in [-0.2, 0) is 4.74 Å². The first-order valence-electron chi connectivity index (χ1n) is 8.28. The van der Waals surface area contributed by atoms with Crippen LogP contribution in [0.3, 0.4) is 0 Å². The predicted molar refractivity (Wildman–Crippen MR) is 87.3 cm³/mol. The minimum Gasteiger partial charge on any atom is -0.393 e. The lowest BCUT2D eigenvalue weighted by atomic mass is 9.95. The molecule has 0 unspecified atom stereocenters. The monoisotopic (exact) mass is 356 g/mol. The van der Waals surface area contributed by atoms with Crippen molar-refractivity contribution in [1.82, 2.24) is 19.8 Å². The lowest BCUT2D eigenvalue weighted by Crippen LogP contribution is -2.57. The van der Waals surface area contributed by atoms with Crippen LogP contribution >= 0.6 is 0 Å². The first kappa shape index (κ1) is 18.2. The van der Waals surface area contributed by atoms with Crippen molar-refractivity contribution in [3.63, 3.8) is 0 Å². The summed E-state index contributed by atoms with van der Waals surface area (Å²) in [4.78, 5) is 27.8. The van der Waals surface area contributed by atoms with Gasteiger partial charge in [-0.15, -0.1) is 0 Å². The molecular weight excluding hydrogens is 332 g/mol. The van der Waals surface area contributed by atoms with E-state index < -0.39 is 41.9 Å². The number of hydrogen-bond donors (Lipinski definition) is 5. The Morgan fingerprint density at radius 2 is 2.00 bits per heavy atom. The van der Waals surface area contributed by atoms with Crippen molar-refractivity contribution in [2.24, 2.45) is 0 Å². The van der Waals surface area contributed by atoms with Gasteiger partial charge in [-0.1, -0.05) is 0 Å². The third-order valence-electron chi connectivity index (χ3n) is 4.90. The van der Waals surface area contributed by atoms with E-state index in [0.29, 0.717) is 0 Å². The second-order valence-corrected chi connectivity index (χ2v) is 6.67. The molecule has 2 aliphatic heterocycles. The summed E-state index contributed by atoms with van der Waals surface area (Å²) >= 11 is 0. The van der Waals surface area contributed by atoms with Crippen LogP contribution < -0.4 is 16.6 Å². The molecule has 0 aromatic carbocycles. The third-order valence-corrected chi connectivity index (χ3v) is 4.90. The molecule has 2 fully saturated rings. The van der Waals surface area contributed by atoms with E-state index in [2.05, 4.69) is 10.3 Å². The van der Waals surface area contributed by atoms with Gasteiger partial charge in [0.15, 0.2) is 6.23 Å². The Bertz CT molecular complexity index is 727.